The Bertz CT molecular complexity index is 1140. The molecule has 7 heteroatoms. The highest BCUT2D eigenvalue weighted by Crippen LogP contribution is 2.24. The van der Waals surface area contributed by atoms with E-state index in [2.05, 4.69) is 10.3 Å². The molecule has 0 aliphatic rings. The molecular formula is C24H30N4O3. The lowest BCUT2D eigenvalue weighted by atomic mass is 10.0. The first-order valence-corrected chi connectivity index (χ1v) is 10.3. The van der Waals surface area contributed by atoms with E-state index in [1.165, 1.54) is 0 Å². The highest BCUT2D eigenvalue weighted by Gasteiger charge is 2.18. The van der Waals surface area contributed by atoms with Gasteiger partial charge >= 0.3 is 6.03 Å². The second-order valence-corrected chi connectivity index (χ2v) is 7.97. The molecule has 3 rings (SSSR count). The quantitative estimate of drug-likeness (QED) is 0.608. The van der Waals surface area contributed by atoms with Crippen LogP contribution in [0.25, 0.3) is 10.9 Å². The van der Waals surface area contributed by atoms with Crippen LogP contribution in [0.5, 0.6) is 5.75 Å². The number of aryl methyl sites for hydroxylation is 2. The number of hydrogen-bond acceptors (Lipinski definition) is 4. The van der Waals surface area contributed by atoms with Crippen molar-refractivity contribution in [3.05, 3.63) is 69.5 Å². The normalized spacial score (nSPS) is 11.0. The molecule has 2 N–H and O–H groups in total. The summed E-state index contributed by atoms with van der Waals surface area (Å²) in [6, 6.07) is 12.9. The fraction of sp³-hybridized carbons (Fsp3) is 0.333. The van der Waals surface area contributed by atoms with E-state index in [0.717, 1.165) is 22.0 Å². The molecule has 0 fully saturated rings. The average Bonchev–Trinajstić information content (AvgIpc) is 2.74. The zero-order valence-electron chi connectivity index (χ0n) is 18.8. The molecular weight excluding hydrogens is 392 g/mol. The van der Waals surface area contributed by atoms with Gasteiger partial charge in [-0.3, -0.25) is 4.79 Å². The number of hydrogen-bond donors (Lipinski definition) is 2. The lowest BCUT2D eigenvalue weighted by Crippen LogP contribution is -2.40. The largest absolute Gasteiger partial charge is 0.495 e. The summed E-state index contributed by atoms with van der Waals surface area (Å²) in [5, 5.41) is 3.91. The van der Waals surface area contributed by atoms with E-state index in [-0.39, 0.29) is 18.1 Å². The number of H-pyrrole nitrogens is 1. The minimum Gasteiger partial charge on any atom is -0.495 e. The second-order valence-electron chi connectivity index (χ2n) is 7.97. The number of amides is 2. The van der Waals surface area contributed by atoms with E-state index in [9.17, 15) is 9.59 Å². The van der Waals surface area contributed by atoms with E-state index in [0.29, 0.717) is 30.1 Å². The van der Waals surface area contributed by atoms with E-state index < -0.39 is 0 Å². The number of aromatic nitrogens is 1. The Morgan fingerprint density at radius 1 is 1.06 bits per heavy atom. The van der Waals surface area contributed by atoms with Crippen molar-refractivity contribution in [2.75, 3.05) is 39.6 Å². The maximum Gasteiger partial charge on any atom is 0.322 e. The fourth-order valence-electron chi connectivity index (χ4n) is 3.46. The minimum absolute atomic E-state index is 0.179. The smallest absolute Gasteiger partial charge is 0.322 e. The van der Waals surface area contributed by atoms with Gasteiger partial charge in [0, 0.05) is 24.0 Å². The number of nitrogens with zero attached hydrogens (tertiary/aromatic N) is 2. The van der Waals surface area contributed by atoms with Crippen LogP contribution < -0.4 is 15.6 Å². The van der Waals surface area contributed by atoms with Crippen molar-refractivity contribution in [1.29, 1.82) is 0 Å². The lowest BCUT2D eigenvalue weighted by molar-refractivity contribution is 0.202. The Kier molecular flexibility index (Phi) is 6.97. The molecule has 0 bridgehead atoms. The fourth-order valence-corrected chi connectivity index (χ4v) is 3.46. The predicted molar refractivity (Wildman–Crippen MR) is 125 cm³/mol. The number of fused-ring (bicyclic) bond motifs is 1. The number of para-hydroxylation sites is 2. The Hall–Kier alpha value is -3.32. The van der Waals surface area contributed by atoms with Crippen LogP contribution in [-0.4, -0.2) is 55.1 Å². The van der Waals surface area contributed by atoms with Gasteiger partial charge in [0.2, 0.25) is 0 Å². The molecule has 7 nitrogen and oxygen atoms in total. The van der Waals surface area contributed by atoms with Gasteiger partial charge in [-0.1, -0.05) is 24.3 Å². The van der Waals surface area contributed by atoms with Gasteiger partial charge in [0.05, 0.1) is 24.9 Å². The van der Waals surface area contributed by atoms with Crippen LogP contribution in [0.4, 0.5) is 10.5 Å². The van der Waals surface area contributed by atoms with Crippen LogP contribution in [-0.2, 0) is 6.54 Å². The van der Waals surface area contributed by atoms with Gasteiger partial charge in [-0.15, -0.1) is 0 Å². The van der Waals surface area contributed by atoms with Crippen LogP contribution in [0.2, 0.25) is 0 Å². The Labute approximate surface area is 182 Å². The first kappa shape index (κ1) is 22.4. The van der Waals surface area contributed by atoms with Crippen molar-refractivity contribution >= 4 is 22.6 Å². The van der Waals surface area contributed by atoms with E-state index in [4.69, 9.17) is 4.74 Å². The highest BCUT2D eigenvalue weighted by atomic mass is 16.5. The number of aromatic amines is 1. The Morgan fingerprint density at radius 3 is 2.48 bits per heavy atom. The van der Waals surface area contributed by atoms with Crippen LogP contribution in [0.3, 0.4) is 0 Å². The molecule has 0 spiro atoms. The number of nitrogens with one attached hydrogen (secondary N) is 2. The van der Waals surface area contributed by atoms with Gasteiger partial charge in [-0.25, -0.2) is 4.79 Å². The number of carbonyl (C=O) groups is 1. The van der Waals surface area contributed by atoms with Gasteiger partial charge < -0.3 is 24.8 Å². The minimum atomic E-state index is -0.285. The topological polar surface area (TPSA) is 77.7 Å². The van der Waals surface area contributed by atoms with Crippen molar-refractivity contribution < 1.29 is 9.53 Å². The van der Waals surface area contributed by atoms with Crippen LogP contribution in [0, 0.1) is 13.8 Å². The number of benzene rings is 2. The molecule has 1 aromatic heterocycles. The monoisotopic (exact) mass is 422 g/mol. The first-order chi connectivity index (χ1) is 14.8. The Balaban J connectivity index is 1.92. The number of urea groups is 1. The van der Waals surface area contributed by atoms with Crippen molar-refractivity contribution in [2.24, 2.45) is 0 Å². The molecule has 0 aliphatic heterocycles. The summed E-state index contributed by atoms with van der Waals surface area (Å²) in [7, 11) is 5.46. The molecule has 3 aromatic rings. The number of ether oxygens (including phenoxy) is 1. The van der Waals surface area contributed by atoms with E-state index in [1.807, 2.05) is 63.2 Å². The maximum atomic E-state index is 13.1. The first-order valence-electron chi connectivity index (χ1n) is 10.3. The summed E-state index contributed by atoms with van der Waals surface area (Å²) in [5.74, 6) is 0.582. The summed E-state index contributed by atoms with van der Waals surface area (Å²) in [5.41, 5.74) is 3.89. The van der Waals surface area contributed by atoms with Gasteiger partial charge in [0.25, 0.3) is 5.56 Å². The number of anilines is 1. The van der Waals surface area contributed by atoms with Crippen molar-refractivity contribution in [3.8, 4) is 5.75 Å². The van der Waals surface area contributed by atoms with Gasteiger partial charge in [-0.05, 0) is 57.3 Å². The van der Waals surface area contributed by atoms with Crippen LogP contribution in [0.1, 0.15) is 16.7 Å². The third-order valence-corrected chi connectivity index (χ3v) is 5.33. The maximum absolute atomic E-state index is 13.1. The summed E-state index contributed by atoms with van der Waals surface area (Å²) in [6.07, 6.45) is 0. The number of rotatable bonds is 7. The molecule has 0 aliphatic carbocycles. The van der Waals surface area contributed by atoms with Gasteiger partial charge in [0.1, 0.15) is 5.75 Å². The lowest BCUT2D eigenvalue weighted by Gasteiger charge is -2.25. The second kappa shape index (κ2) is 9.66. The molecule has 2 amide bonds. The van der Waals surface area contributed by atoms with Gasteiger partial charge in [0.15, 0.2) is 0 Å². The summed E-state index contributed by atoms with van der Waals surface area (Å²) in [6.45, 7) is 5.33. The zero-order chi connectivity index (χ0) is 22.5. The van der Waals surface area contributed by atoms with Crippen molar-refractivity contribution in [1.82, 2.24) is 14.8 Å². The highest BCUT2D eigenvalue weighted by molar-refractivity contribution is 5.91. The molecule has 0 radical (unpaired) electrons. The molecule has 0 atom stereocenters. The van der Waals surface area contributed by atoms with Crippen molar-refractivity contribution in [2.45, 2.75) is 20.4 Å². The van der Waals surface area contributed by atoms with E-state index >= 15 is 0 Å². The summed E-state index contributed by atoms with van der Waals surface area (Å²) < 4.78 is 5.34. The molecule has 2 aromatic carbocycles. The average molecular weight is 423 g/mol. The number of likely N-dealkylation sites (N-methyl/N-ethyl adjacent to an activating group) is 1. The molecule has 1 heterocycles. The summed E-state index contributed by atoms with van der Waals surface area (Å²) in [4.78, 5) is 32.6. The molecule has 164 valence electrons. The third kappa shape index (κ3) is 5.24. The molecule has 0 saturated heterocycles. The summed E-state index contributed by atoms with van der Waals surface area (Å²) >= 11 is 0. The van der Waals surface area contributed by atoms with E-state index in [1.54, 1.807) is 24.1 Å². The van der Waals surface area contributed by atoms with Gasteiger partial charge in [-0.2, -0.15) is 0 Å². The van der Waals surface area contributed by atoms with Crippen molar-refractivity contribution in [3.63, 3.8) is 0 Å². The molecule has 0 unspecified atom stereocenters. The number of carbonyl (C=O) groups excluding carboxylic acids is 1. The molecule has 0 saturated carbocycles. The number of methoxy groups -OCH3 is 1. The zero-order valence-corrected chi connectivity index (χ0v) is 18.8. The van der Waals surface area contributed by atoms with Crippen LogP contribution >= 0.6 is 0 Å². The Morgan fingerprint density at radius 2 is 1.77 bits per heavy atom. The predicted octanol–water partition coefficient (Wildman–Crippen LogP) is 3.75. The third-order valence-electron chi connectivity index (χ3n) is 5.33. The van der Waals surface area contributed by atoms with Crippen LogP contribution in [0.15, 0.2) is 47.3 Å². The standard InChI is InChI=1S/C24H30N4O3/c1-16-10-11-17(2)22-19(16)14-18(23(29)26-22)15-28(13-12-27(3)4)24(30)25-20-8-6-7-9-21(20)31-5/h6-11,14H,12-13,15H2,1-5H3,(H,25,30)(H,26,29). The SMILES string of the molecule is COc1ccccc1NC(=O)N(CCN(C)C)Cc1cc2c(C)ccc(C)c2[nH]c1=O. The number of pyridine rings is 1. The molecule has 31 heavy (non-hydrogen) atoms.